The average Bonchev–Trinajstić information content (AvgIpc) is 2.73. The van der Waals surface area contributed by atoms with Crippen molar-refractivity contribution in [3.05, 3.63) is 59.7 Å². The molecule has 0 saturated heterocycles. The zero-order chi connectivity index (χ0) is 26.7. The van der Waals surface area contributed by atoms with E-state index in [-0.39, 0.29) is 6.98 Å². The molecule has 0 aliphatic carbocycles. The molecule has 2 aromatic carbocycles. The fourth-order valence-corrected chi connectivity index (χ4v) is 8.79. The molecule has 0 aromatic heterocycles. The molecular weight excluding hydrogens is 440 g/mol. The lowest BCUT2D eigenvalue weighted by molar-refractivity contribution is -0.264. The van der Waals surface area contributed by atoms with Gasteiger partial charge in [-0.05, 0) is 43.2 Å². The lowest BCUT2D eigenvalue weighted by atomic mass is 9.67. The Morgan fingerprint density at radius 1 is 0.714 bits per heavy atom. The van der Waals surface area contributed by atoms with Gasteiger partial charge < -0.3 is 9.62 Å². The van der Waals surface area contributed by atoms with Gasteiger partial charge in [-0.3, -0.25) is 4.49 Å². The summed E-state index contributed by atoms with van der Waals surface area (Å²) in [6.07, 6.45) is 0. The first-order chi connectivity index (χ1) is 16.2. The third-order valence-electron chi connectivity index (χ3n) is 7.27. The summed E-state index contributed by atoms with van der Waals surface area (Å²) in [5.74, 6) is 0. The summed E-state index contributed by atoms with van der Waals surface area (Å²) in [4.78, 5) is 5.33. The predicted molar refractivity (Wildman–Crippen MR) is 160 cm³/mol. The predicted octanol–water partition coefficient (Wildman–Crippen LogP) is 5.89. The molecule has 0 unspecified atom stereocenters. The molecule has 0 aliphatic heterocycles. The van der Waals surface area contributed by atoms with Crippen LogP contribution in [0.2, 0.25) is 13.1 Å². The van der Waals surface area contributed by atoms with Crippen LogP contribution in [0.5, 0.6) is 0 Å². The van der Waals surface area contributed by atoms with Crippen molar-refractivity contribution in [3.63, 3.8) is 0 Å². The maximum absolute atomic E-state index is 7.32. The molecule has 2 aromatic rings. The van der Waals surface area contributed by atoms with Crippen LogP contribution in [0.1, 0.15) is 66.5 Å². The Balaban J connectivity index is 3.09. The number of hydrogen-bond donors (Lipinski definition) is 0. The van der Waals surface area contributed by atoms with E-state index in [1.165, 1.54) is 21.5 Å². The quantitative estimate of drug-likeness (QED) is 0.305. The van der Waals surface area contributed by atoms with Crippen LogP contribution in [0, 0.1) is 13.8 Å². The van der Waals surface area contributed by atoms with Crippen molar-refractivity contribution < 1.29 is 4.49 Å². The topological polar surface area (TPSA) is 9.49 Å². The van der Waals surface area contributed by atoms with Gasteiger partial charge in [0.1, 0.15) is 5.23 Å². The summed E-state index contributed by atoms with van der Waals surface area (Å²) in [5.41, 5.74) is 3.55. The molecule has 0 spiro atoms. The van der Waals surface area contributed by atoms with Crippen LogP contribution in [0.4, 0.5) is 5.69 Å². The minimum atomic E-state index is -2.24. The Kier molecular flexibility index (Phi) is 10.2. The number of nitrogens with zero attached hydrogens (tertiary/aromatic N) is 3. The fourth-order valence-electron chi connectivity index (χ4n) is 5.82. The zero-order valence-electron chi connectivity index (χ0n) is 24.4. The van der Waals surface area contributed by atoms with Gasteiger partial charge in [0, 0.05) is 11.1 Å². The second-order valence-electron chi connectivity index (χ2n) is 11.6. The van der Waals surface area contributed by atoms with E-state index in [0.29, 0.717) is 24.2 Å². The number of hydrogen-bond acceptors (Lipinski definition) is 2. The van der Waals surface area contributed by atoms with Crippen molar-refractivity contribution >= 4 is 39.1 Å². The van der Waals surface area contributed by atoms with Gasteiger partial charge in [-0.25, -0.2) is 0 Å². The first-order valence-electron chi connectivity index (χ1n) is 13.3. The van der Waals surface area contributed by atoms with Crippen molar-refractivity contribution in [3.8, 4) is 0 Å². The van der Waals surface area contributed by atoms with Crippen molar-refractivity contribution in [2.75, 3.05) is 0 Å². The van der Waals surface area contributed by atoms with Crippen molar-refractivity contribution in [2.24, 2.45) is 0 Å². The maximum Gasteiger partial charge on any atom is 0.585 e. The molecule has 6 heteroatoms. The van der Waals surface area contributed by atoms with Crippen LogP contribution in [-0.4, -0.2) is 66.5 Å². The van der Waals surface area contributed by atoms with E-state index in [4.69, 9.17) is 7.98 Å². The van der Waals surface area contributed by atoms with E-state index in [1.807, 2.05) is 0 Å². The van der Waals surface area contributed by atoms with Crippen molar-refractivity contribution in [2.45, 2.75) is 106 Å². The molecule has 0 fully saturated rings. The van der Waals surface area contributed by atoms with Gasteiger partial charge in [0.25, 0.3) is 0 Å². The van der Waals surface area contributed by atoms with Gasteiger partial charge in [0.2, 0.25) is 0 Å². The van der Waals surface area contributed by atoms with Gasteiger partial charge in [-0.15, -0.1) is 0 Å². The van der Waals surface area contributed by atoms with E-state index in [9.17, 15) is 0 Å². The molecule has 3 nitrogen and oxygen atoms in total. The molecular formula is C29H48B2N3Si+. The van der Waals surface area contributed by atoms with Crippen LogP contribution in [0.3, 0.4) is 0 Å². The van der Waals surface area contributed by atoms with Crippen LogP contribution in [0.15, 0.2) is 48.5 Å². The summed E-state index contributed by atoms with van der Waals surface area (Å²) >= 11 is 0. The Morgan fingerprint density at radius 3 is 1.49 bits per heavy atom. The van der Waals surface area contributed by atoms with Crippen LogP contribution < -0.4 is 5.19 Å². The van der Waals surface area contributed by atoms with Crippen LogP contribution >= 0.6 is 0 Å². The molecule has 188 valence electrons. The molecule has 0 saturated carbocycles. The fraction of sp³-hybridized carbons (Fsp3) is 0.552. The minimum absolute atomic E-state index is 0.0703. The van der Waals surface area contributed by atoms with Crippen LogP contribution in [-0.2, 0) is 0 Å². The van der Waals surface area contributed by atoms with E-state index in [2.05, 4.69) is 145 Å². The highest BCUT2D eigenvalue weighted by atomic mass is 28.3. The van der Waals surface area contributed by atoms with Gasteiger partial charge in [0.05, 0.1) is 0 Å². The number of rotatable bonds is 10. The SMILES string of the molecule is [B]/[N+](=C(/B(N(C(C)C)C(C)C)N(C(C)C)C(C)C)[Si](C)(C)c1ccccc1)c1c(C)cccc1C. The lowest BCUT2D eigenvalue weighted by Gasteiger charge is -2.47. The summed E-state index contributed by atoms with van der Waals surface area (Å²) in [6, 6.07) is 19.0. The molecule has 0 bridgehead atoms. The van der Waals surface area contributed by atoms with E-state index >= 15 is 0 Å². The summed E-state index contributed by atoms with van der Waals surface area (Å²) in [7, 11) is 5.08. The van der Waals surface area contributed by atoms with Gasteiger partial charge in [-0.2, -0.15) is 0 Å². The second-order valence-corrected chi connectivity index (χ2v) is 16.0. The second kappa shape index (κ2) is 12.1. The minimum Gasteiger partial charge on any atom is -0.316 e. The summed E-state index contributed by atoms with van der Waals surface area (Å²) in [5, 5.41) is 2.74. The zero-order valence-corrected chi connectivity index (χ0v) is 25.4. The molecule has 2 radical (unpaired) electrons. The smallest absolute Gasteiger partial charge is 0.316 e. The number of para-hydroxylation sites is 1. The van der Waals surface area contributed by atoms with E-state index in [1.54, 1.807) is 0 Å². The molecule has 0 amide bonds. The van der Waals surface area contributed by atoms with Gasteiger partial charge in [0.15, 0.2) is 13.8 Å². The average molecular weight is 488 g/mol. The van der Waals surface area contributed by atoms with E-state index < -0.39 is 8.07 Å². The molecule has 0 atom stereocenters. The largest absolute Gasteiger partial charge is 0.585 e. The number of aryl methyl sites for hydroxylation is 2. The Bertz CT molecular complexity index is 944. The van der Waals surface area contributed by atoms with Crippen molar-refractivity contribution in [1.82, 2.24) is 9.62 Å². The van der Waals surface area contributed by atoms with Gasteiger partial charge in [-0.1, -0.05) is 117 Å². The van der Waals surface area contributed by atoms with E-state index in [0.717, 1.165) is 5.69 Å². The van der Waals surface area contributed by atoms with Crippen LogP contribution in [0.25, 0.3) is 0 Å². The maximum atomic E-state index is 7.32. The van der Waals surface area contributed by atoms with Gasteiger partial charge >= 0.3 is 15.0 Å². The Hall–Kier alpha value is -1.62. The third kappa shape index (κ3) is 6.39. The highest BCUT2D eigenvalue weighted by molar-refractivity contribution is 7.30. The highest BCUT2D eigenvalue weighted by Gasteiger charge is 2.52. The first kappa shape index (κ1) is 29.6. The first-order valence-corrected chi connectivity index (χ1v) is 16.3. The molecule has 2 rings (SSSR count). The third-order valence-corrected chi connectivity index (χ3v) is 10.8. The number of benzene rings is 2. The monoisotopic (exact) mass is 488 g/mol. The molecule has 0 aliphatic rings. The highest BCUT2D eigenvalue weighted by Crippen LogP contribution is 2.27. The van der Waals surface area contributed by atoms with Crippen molar-refractivity contribution in [1.29, 1.82) is 0 Å². The molecule has 0 heterocycles. The summed E-state index contributed by atoms with van der Waals surface area (Å²) in [6.45, 7) is 27.9. The Morgan fingerprint density at radius 2 is 1.11 bits per heavy atom. The Labute approximate surface area is 219 Å². The standard InChI is InChI=1S/C29H48B2N3Si/c1-21(2)33(22(3)4)31(34(23(5)6)24(7)8)29(35(11,12)27-19-14-13-15-20-27)32(30)28-25(9)17-16-18-26(28)10/h13-24H,1-12H3/q+1/b32-29-. The summed E-state index contributed by atoms with van der Waals surface area (Å²) < 4.78 is 2.09. The molecule has 0 N–H and O–H groups in total. The lowest BCUT2D eigenvalue weighted by Crippen LogP contribution is -2.73. The molecule has 35 heavy (non-hydrogen) atoms. The normalized spacial score (nSPS) is 13.5.